The molecule has 1 heterocycles. The Morgan fingerprint density at radius 3 is 2.45 bits per heavy atom. The van der Waals surface area contributed by atoms with Crippen molar-refractivity contribution in [3.63, 3.8) is 0 Å². The summed E-state index contributed by atoms with van der Waals surface area (Å²) in [5.74, 6) is -0.788. The zero-order chi connectivity index (χ0) is 23.2. The molecule has 1 aliphatic heterocycles. The number of amides is 4. The highest BCUT2D eigenvalue weighted by Crippen LogP contribution is 2.30. The van der Waals surface area contributed by atoms with Crippen LogP contribution in [0, 0.1) is 0 Å². The fraction of sp³-hybridized carbons (Fsp3) is 0.455. The minimum absolute atomic E-state index is 0.0355. The number of hydrogen-bond donors (Lipinski definition) is 1. The molecule has 0 bridgehead atoms. The molecule has 9 nitrogen and oxygen atoms in total. The van der Waals surface area contributed by atoms with Gasteiger partial charge < -0.3 is 19.7 Å². The van der Waals surface area contributed by atoms with Crippen molar-refractivity contribution in [3.05, 3.63) is 42.0 Å². The van der Waals surface area contributed by atoms with Gasteiger partial charge in [0.2, 0.25) is 5.91 Å². The summed E-state index contributed by atoms with van der Waals surface area (Å²) in [6, 6.07) is 6.16. The third kappa shape index (κ3) is 5.84. The lowest BCUT2D eigenvalue weighted by atomic mass is 9.92. The van der Waals surface area contributed by atoms with Gasteiger partial charge in [-0.1, -0.05) is 18.7 Å². The van der Waals surface area contributed by atoms with Gasteiger partial charge in [0.15, 0.2) is 0 Å². The van der Waals surface area contributed by atoms with Crippen LogP contribution < -0.4 is 10.1 Å². The highest BCUT2D eigenvalue weighted by atomic mass is 16.5. The number of carbonyl (C=O) groups is 4. The lowest BCUT2D eigenvalue weighted by molar-refractivity contribution is -0.144. The molecule has 0 aromatic heterocycles. The van der Waals surface area contributed by atoms with E-state index in [1.54, 1.807) is 38.1 Å². The molecule has 2 rings (SSSR count). The average Bonchev–Trinajstić information content (AvgIpc) is 2.94. The van der Waals surface area contributed by atoms with Crippen LogP contribution in [0.5, 0.6) is 5.75 Å². The van der Waals surface area contributed by atoms with Gasteiger partial charge in [0.05, 0.1) is 13.0 Å². The third-order valence-electron chi connectivity index (χ3n) is 4.87. The molecule has 0 saturated carbocycles. The van der Waals surface area contributed by atoms with Crippen LogP contribution in [0.4, 0.5) is 4.79 Å². The number of ether oxygens (including phenoxy) is 2. The SMILES string of the molecule is C=C(C)COc1ccc(C2(C)NC(=O)N(CC(=O)N(C)CCC(=O)OCC)C2=O)cc1. The number of urea groups is 1. The van der Waals surface area contributed by atoms with Crippen LogP contribution >= 0.6 is 0 Å². The molecule has 1 aromatic carbocycles. The highest BCUT2D eigenvalue weighted by molar-refractivity contribution is 6.09. The summed E-state index contributed by atoms with van der Waals surface area (Å²) in [5.41, 5.74) is 0.147. The van der Waals surface area contributed by atoms with Crippen molar-refractivity contribution >= 4 is 23.8 Å². The molecule has 0 radical (unpaired) electrons. The lowest BCUT2D eigenvalue weighted by Crippen LogP contribution is -2.44. The van der Waals surface area contributed by atoms with Gasteiger partial charge >= 0.3 is 12.0 Å². The van der Waals surface area contributed by atoms with Crippen LogP contribution in [0.15, 0.2) is 36.4 Å². The molecule has 1 fully saturated rings. The second-order valence-electron chi connectivity index (χ2n) is 7.59. The minimum Gasteiger partial charge on any atom is -0.489 e. The van der Waals surface area contributed by atoms with Gasteiger partial charge in [-0.3, -0.25) is 19.3 Å². The van der Waals surface area contributed by atoms with E-state index in [0.717, 1.165) is 10.5 Å². The zero-order valence-corrected chi connectivity index (χ0v) is 18.4. The van der Waals surface area contributed by atoms with E-state index >= 15 is 0 Å². The Hall–Kier alpha value is -3.36. The van der Waals surface area contributed by atoms with Crippen molar-refractivity contribution < 1.29 is 28.7 Å². The van der Waals surface area contributed by atoms with E-state index in [-0.39, 0.29) is 19.6 Å². The summed E-state index contributed by atoms with van der Waals surface area (Å²) < 4.78 is 10.4. The number of carbonyl (C=O) groups excluding carboxylic acids is 4. The normalized spacial score (nSPS) is 17.9. The Morgan fingerprint density at radius 2 is 1.87 bits per heavy atom. The average molecular weight is 431 g/mol. The van der Waals surface area contributed by atoms with Gasteiger partial charge in [-0.05, 0) is 44.0 Å². The maximum Gasteiger partial charge on any atom is 0.325 e. The predicted octanol–water partition coefficient (Wildman–Crippen LogP) is 1.82. The molecule has 0 spiro atoms. The molecule has 1 unspecified atom stereocenters. The maximum absolute atomic E-state index is 13.0. The number of esters is 1. The first-order valence-electron chi connectivity index (χ1n) is 10.00. The lowest BCUT2D eigenvalue weighted by Gasteiger charge is -2.23. The number of hydrogen-bond acceptors (Lipinski definition) is 6. The molecule has 9 heteroatoms. The summed E-state index contributed by atoms with van der Waals surface area (Å²) in [7, 11) is 1.50. The van der Waals surface area contributed by atoms with E-state index in [2.05, 4.69) is 11.9 Å². The molecule has 168 valence electrons. The van der Waals surface area contributed by atoms with Crippen molar-refractivity contribution in [2.45, 2.75) is 32.7 Å². The number of nitrogens with one attached hydrogen (secondary N) is 1. The van der Waals surface area contributed by atoms with Gasteiger partial charge in [-0.2, -0.15) is 0 Å². The minimum atomic E-state index is -1.30. The number of benzene rings is 1. The number of likely N-dealkylation sites (N-methyl/N-ethyl adjacent to an activating group) is 1. The molecule has 1 aliphatic rings. The van der Waals surface area contributed by atoms with Gasteiger partial charge in [0, 0.05) is 13.6 Å². The molecule has 1 saturated heterocycles. The first kappa shape index (κ1) is 23.9. The standard InChI is InChI=1S/C22H29N3O6/c1-6-30-19(27)11-12-24(5)18(26)13-25-20(28)22(4,23-21(25)29)16-7-9-17(10-8-16)31-14-15(2)3/h7-10H,2,6,11-14H2,1,3-5H3,(H,23,29). The second kappa shape index (κ2) is 10.1. The molecule has 0 aliphatic carbocycles. The van der Waals surface area contributed by atoms with E-state index in [1.807, 2.05) is 6.92 Å². The van der Waals surface area contributed by atoms with Crippen LogP contribution in [0.25, 0.3) is 0 Å². The number of rotatable bonds is 10. The van der Waals surface area contributed by atoms with E-state index < -0.39 is 35.9 Å². The molecule has 1 N–H and O–H groups in total. The van der Waals surface area contributed by atoms with Crippen LogP contribution in [-0.4, -0.2) is 67.0 Å². The van der Waals surface area contributed by atoms with Crippen molar-refractivity contribution in [2.24, 2.45) is 0 Å². The first-order chi connectivity index (χ1) is 14.6. The predicted molar refractivity (Wildman–Crippen MR) is 113 cm³/mol. The molecule has 31 heavy (non-hydrogen) atoms. The van der Waals surface area contributed by atoms with Crippen LogP contribution in [0.3, 0.4) is 0 Å². The van der Waals surface area contributed by atoms with Gasteiger partial charge in [0.1, 0.15) is 24.4 Å². The molecule has 1 atom stereocenters. The quantitative estimate of drug-likeness (QED) is 0.344. The first-order valence-corrected chi connectivity index (χ1v) is 10.00. The van der Waals surface area contributed by atoms with Crippen LogP contribution in [0.2, 0.25) is 0 Å². The van der Waals surface area contributed by atoms with Gasteiger partial charge in [-0.15, -0.1) is 0 Å². The van der Waals surface area contributed by atoms with E-state index in [0.29, 0.717) is 17.9 Å². The Kier molecular flexibility index (Phi) is 7.79. The van der Waals surface area contributed by atoms with Crippen LogP contribution in [-0.2, 0) is 24.7 Å². The highest BCUT2D eigenvalue weighted by Gasteiger charge is 2.49. The van der Waals surface area contributed by atoms with Crippen LogP contribution in [0.1, 0.15) is 32.8 Å². The largest absolute Gasteiger partial charge is 0.489 e. The van der Waals surface area contributed by atoms with Crippen molar-refractivity contribution in [3.8, 4) is 5.75 Å². The zero-order valence-electron chi connectivity index (χ0n) is 18.4. The summed E-state index contributed by atoms with van der Waals surface area (Å²) in [4.78, 5) is 51.5. The van der Waals surface area contributed by atoms with Crippen molar-refractivity contribution in [1.29, 1.82) is 0 Å². The van der Waals surface area contributed by atoms with E-state index in [4.69, 9.17) is 9.47 Å². The van der Waals surface area contributed by atoms with E-state index in [1.165, 1.54) is 11.9 Å². The second-order valence-corrected chi connectivity index (χ2v) is 7.59. The number of nitrogens with zero attached hydrogens (tertiary/aromatic N) is 2. The molecular formula is C22H29N3O6. The Balaban J connectivity index is 2.03. The molecule has 4 amide bonds. The number of imide groups is 1. The Morgan fingerprint density at radius 1 is 1.23 bits per heavy atom. The summed E-state index contributed by atoms with van der Waals surface area (Å²) in [5, 5.41) is 2.67. The van der Waals surface area contributed by atoms with Crippen molar-refractivity contribution in [1.82, 2.24) is 15.1 Å². The maximum atomic E-state index is 13.0. The van der Waals surface area contributed by atoms with E-state index in [9.17, 15) is 19.2 Å². The smallest absolute Gasteiger partial charge is 0.325 e. The molecule has 1 aromatic rings. The van der Waals surface area contributed by atoms with Gasteiger partial charge in [-0.25, -0.2) is 4.79 Å². The fourth-order valence-corrected chi connectivity index (χ4v) is 3.00. The monoisotopic (exact) mass is 431 g/mol. The summed E-state index contributed by atoms with van der Waals surface area (Å²) in [6.07, 6.45) is 0.0355. The topological polar surface area (TPSA) is 105 Å². The summed E-state index contributed by atoms with van der Waals surface area (Å²) in [6.45, 7) is 9.27. The fourth-order valence-electron chi connectivity index (χ4n) is 3.00. The van der Waals surface area contributed by atoms with Crippen molar-refractivity contribution in [2.75, 3.05) is 33.4 Å². The Bertz CT molecular complexity index is 867. The third-order valence-corrected chi connectivity index (χ3v) is 4.87. The Labute approximate surface area is 182 Å². The summed E-state index contributed by atoms with van der Waals surface area (Å²) >= 11 is 0. The molecular weight excluding hydrogens is 402 g/mol. The van der Waals surface area contributed by atoms with Gasteiger partial charge in [0.25, 0.3) is 5.91 Å².